The van der Waals surface area contributed by atoms with Gasteiger partial charge in [-0.05, 0) is 31.4 Å². The molecule has 1 aliphatic heterocycles. The minimum Gasteiger partial charge on any atom is -0.489 e. The van der Waals surface area contributed by atoms with Crippen molar-refractivity contribution >= 4 is 5.78 Å². The molecule has 2 heteroatoms. The third kappa shape index (κ3) is 2.26. The number of hydrogen-bond acceptors (Lipinski definition) is 2. The highest BCUT2D eigenvalue weighted by molar-refractivity contribution is 6.00. The molecular weight excluding hydrogens is 200 g/mol. The number of rotatable bonds is 2. The predicted octanol–water partition coefficient (Wildman–Crippen LogP) is 3.37. The van der Waals surface area contributed by atoms with Crippen LogP contribution in [-0.4, -0.2) is 11.9 Å². The largest absolute Gasteiger partial charge is 0.489 e. The zero-order valence-electron chi connectivity index (χ0n) is 10.1. The van der Waals surface area contributed by atoms with Crippen molar-refractivity contribution in [3.8, 4) is 5.75 Å². The van der Waals surface area contributed by atoms with E-state index in [-0.39, 0.29) is 11.9 Å². The van der Waals surface area contributed by atoms with Gasteiger partial charge in [0.15, 0.2) is 5.78 Å². The summed E-state index contributed by atoms with van der Waals surface area (Å²) in [5, 5.41) is 0. The van der Waals surface area contributed by atoms with Gasteiger partial charge in [0.25, 0.3) is 0 Å². The number of Topliss-reactive ketones (excluding diaryl/α,β-unsaturated/α-hetero) is 1. The molecule has 2 rings (SSSR count). The monoisotopic (exact) mass is 218 g/mol. The average molecular weight is 218 g/mol. The Morgan fingerprint density at radius 2 is 2.19 bits per heavy atom. The van der Waals surface area contributed by atoms with Crippen molar-refractivity contribution in [2.75, 3.05) is 0 Å². The van der Waals surface area contributed by atoms with Crippen molar-refractivity contribution in [2.24, 2.45) is 5.92 Å². The lowest BCUT2D eigenvalue weighted by molar-refractivity contribution is 0.0820. The number of fused-ring (bicyclic) bond motifs is 1. The van der Waals surface area contributed by atoms with Crippen molar-refractivity contribution in [2.45, 2.75) is 39.7 Å². The van der Waals surface area contributed by atoms with Crippen molar-refractivity contribution in [1.29, 1.82) is 0 Å². The molecule has 0 aliphatic carbocycles. The molecule has 0 amide bonds. The van der Waals surface area contributed by atoms with E-state index in [9.17, 15) is 4.79 Å². The Kier molecular flexibility index (Phi) is 2.99. The Bertz CT molecular complexity index is 407. The smallest absolute Gasteiger partial charge is 0.170 e. The Balaban J connectivity index is 2.23. The van der Waals surface area contributed by atoms with Gasteiger partial charge in [-0.3, -0.25) is 4.79 Å². The van der Waals surface area contributed by atoms with Crippen LogP contribution < -0.4 is 4.74 Å². The molecule has 0 saturated carbocycles. The summed E-state index contributed by atoms with van der Waals surface area (Å²) >= 11 is 0. The van der Waals surface area contributed by atoms with Gasteiger partial charge in [0.1, 0.15) is 11.9 Å². The van der Waals surface area contributed by atoms with Gasteiger partial charge in [0, 0.05) is 6.42 Å². The Labute approximate surface area is 96.6 Å². The third-order valence-electron chi connectivity index (χ3n) is 2.88. The van der Waals surface area contributed by atoms with Crippen LogP contribution in [-0.2, 0) is 0 Å². The van der Waals surface area contributed by atoms with Crippen LogP contribution in [0, 0.1) is 12.8 Å². The lowest BCUT2D eigenvalue weighted by Gasteiger charge is -2.26. The number of carbonyl (C=O) groups is 1. The summed E-state index contributed by atoms with van der Waals surface area (Å²) in [6, 6.07) is 5.82. The Morgan fingerprint density at radius 3 is 2.88 bits per heavy atom. The Morgan fingerprint density at radius 1 is 1.44 bits per heavy atom. The number of ketones is 1. The zero-order valence-corrected chi connectivity index (χ0v) is 10.1. The molecule has 0 spiro atoms. The number of ether oxygens (including phenoxy) is 1. The zero-order chi connectivity index (χ0) is 11.7. The fraction of sp³-hybridized carbons (Fsp3) is 0.500. The van der Waals surface area contributed by atoms with Gasteiger partial charge in [-0.15, -0.1) is 0 Å². The Hall–Kier alpha value is -1.31. The maximum Gasteiger partial charge on any atom is 0.170 e. The SMILES string of the molecule is Cc1ccc2c(c1)C(=O)CC(CC(C)C)O2. The number of carbonyl (C=O) groups excluding carboxylic acids is 1. The minimum absolute atomic E-state index is 0.0581. The van der Waals surface area contributed by atoms with Crippen molar-refractivity contribution in [3.05, 3.63) is 29.3 Å². The first-order valence-electron chi connectivity index (χ1n) is 5.86. The van der Waals surface area contributed by atoms with Crippen molar-refractivity contribution in [1.82, 2.24) is 0 Å². The van der Waals surface area contributed by atoms with E-state index in [1.807, 2.05) is 25.1 Å². The number of hydrogen-bond donors (Lipinski definition) is 0. The summed E-state index contributed by atoms with van der Waals surface area (Å²) in [4.78, 5) is 11.9. The summed E-state index contributed by atoms with van der Waals surface area (Å²) in [6.07, 6.45) is 1.52. The molecule has 0 bridgehead atoms. The van der Waals surface area contributed by atoms with E-state index >= 15 is 0 Å². The van der Waals surface area contributed by atoms with E-state index < -0.39 is 0 Å². The molecule has 2 nitrogen and oxygen atoms in total. The lowest BCUT2D eigenvalue weighted by atomic mass is 9.94. The van der Waals surface area contributed by atoms with Crippen molar-refractivity contribution in [3.63, 3.8) is 0 Å². The van der Waals surface area contributed by atoms with Gasteiger partial charge in [0.05, 0.1) is 5.56 Å². The van der Waals surface area contributed by atoms with Crippen LogP contribution in [0.25, 0.3) is 0 Å². The van der Waals surface area contributed by atoms with Crippen LogP contribution in [0.1, 0.15) is 42.6 Å². The topological polar surface area (TPSA) is 26.3 Å². The average Bonchev–Trinajstić information content (AvgIpc) is 2.18. The molecule has 0 N–H and O–H groups in total. The lowest BCUT2D eigenvalue weighted by Crippen LogP contribution is -2.28. The van der Waals surface area contributed by atoms with Crippen LogP contribution in [0.5, 0.6) is 5.75 Å². The van der Waals surface area contributed by atoms with Gasteiger partial charge in [-0.1, -0.05) is 25.5 Å². The molecular formula is C14H18O2. The van der Waals surface area contributed by atoms with Crippen LogP contribution >= 0.6 is 0 Å². The summed E-state index contributed by atoms with van der Waals surface area (Å²) in [5.41, 5.74) is 1.86. The molecule has 16 heavy (non-hydrogen) atoms. The first-order chi connectivity index (χ1) is 7.56. The molecule has 0 aromatic heterocycles. The van der Waals surface area contributed by atoms with Gasteiger partial charge in [-0.2, -0.15) is 0 Å². The second-order valence-corrected chi connectivity index (χ2v) is 5.00. The maximum absolute atomic E-state index is 11.9. The predicted molar refractivity (Wildman–Crippen MR) is 64.0 cm³/mol. The molecule has 1 atom stereocenters. The fourth-order valence-corrected chi connectivity index (χ4v) is 2.16. The minimum atomic E-state index is 0.0581. The summed E-state index contributed by atoms with van der Waals surface area (Å²) < 4.78 is 5.85. The molecule has 1 aliphatic rings. The van der Waals surface area contributed by atoms with Crippen molar-refractivity contribution < 1.29 is 9.53 Å². The van der Waals surface area contributed by atoms with Gasteiger partial charge in [0.2, 0.25) is 0 Å². The molecule has 0 saturated heterocycles. The van der Waals surface area contributed by atoms with E-state index in [1.165, 1.54) is 0 Å². The molecule has 1 heterocycles. The van der Waals surface area contributed by atoms with Crippen LogP contribution in [0.2, 0.25) is 0 Å². The summed E-state index contributed by atoms with van der Waals surface area (Å²) in [5.74, 6) is 1.54. The second-order valence-electron chi connectivity index (χ2n) is 5.00. The molecule has 0 fully saturated rings. The van der Waals surface area contributed by atoms with E-state index in [4.69, 9.17) is 4.74 Å². The van der Waals surface area contributed by atoms with E-state index in [0.717, 1.165) is 23.3 Å². The molecule has 0 radical (unpaired) electrons. The molecule has 1 unspecified atom stereocenters. The number of benzene rings is 1. The van der Waals surface area contributed by atoms with E-state index in [0.29, 0.717) is 12.3 Å². The first kappa shape index (κ1) is 11.2. The van der Waals surface area contributed by atoms with Gasteiger partial charge >= 0.3 is 0 Å². The summed E-state index contributed by atoms with van der Waals surface area (Å²) in [6.45, 7) is 6.30. The highest BCUT2D eigenvalue weighted by Gasteiger charge is 2.26. The molecule has 86 valence electrons. The second kappa shape index (κ2) is 4.28. The third-order valence-corrected chi connectivity index (χ3v) is 2.88. The normalized spacial score (nSPS) is 19.5. The highest BCUT2D eigenvalue weighted by atomic mass is 16.5. The number of aryl methyl sites for hydroxylation is 1. The quantitative estimate of drug-likeness (QED) is 0.760. The highest BCUT2D eigenvalue weighted by Crippen LogP contribution is 2.30. The van der Waals surface area contributed by atoms with Crippen LogP contribution in [0.3, 0.4) is 0 Å². The summed E-state index contributed by atoms with van der Waals surface area (Å²) in [7, 11) is 0. The van der Waals surface area contributed by atoms with Gasteiger partial charge in [-0.25, -0.2) is 0 Å². The first-order valence-corrected chi connectivity index (χ1v) is 5.86. The van der Waals surface area contributed by atoms with E-state index in [1.54, 1.807) is 0 Å². The van der Waals surface area contributed by atoms with Gasteiger partial charge < -0.3 is 4.74 Å². The standard InChI is InChI=1S/C14H18O2/c1-9(2)6-11-8-13(15)12-7-10(3)4-5-14(12)16-11/h4-5,7,9,11H,6,8H2,1-3H3. The van der Waals surface area contributed by atoms with Crippen LogP contribution in [0.15, 0.2) is 18.2 Å². The maximum atomic E-state index is 11.9. The molecule has 1 aromatic rings. The van der Waals surface area contributed by atoms with Crippen LogP contribution in [0.4, 0.5) is 0 Å². The fourth-order valence-electron chi connectivity index (χ4n) is 2.16. The molecule has 1 aromatic carbocycles. The van der Waals surface area contributed by atoms with E-state index in [2.05, 4.69) is 13.8 Å².